The van der Waals surface area contributed by atoms with Gasteiger partial charge < -0.3 is 4.74 Å². The van der Waals surface area contributed by atoms with Crippen LogP contribution in [0.3, 0.4) is 0 Å². The molecule has 0 aliphatic heterocycles. The molecule has 1 heterocycles. The molecule has 1 atom stereocenters. The van der Waals surface area contributed by atoms with Crippen LogP contribution >= 0.6 is 0 Å². The molecule has 0 radical (unpaired) electrons. The SMILES string of the molecule is COc1ncccc1C(NN)c1cccc(F)c1. The zero-order chi connectivity index (χ0) is 13.0. The number of pyridine rings is 1. The highest BCUT2D eigenvalue weighted by molar-refractivity contribution is 5.37. The molecule has 94 valence electrons. The van der Waals surface area contributed by atoms with Crippen molar-refractivity contribution in [3.8, 4) is 5.88 Å². The summed E-state index contributed by atoms with van der Waals surface area (Å²) in [7, 11) is 1.53. The number of nitrogens with one attached hydrogen (secondary N) is 1. The lowest BCUT2D eigenvalue weighted by molar-refractivity contribution is 0.387. The number of methoxy groups -OCH3 is 1. The van der Waals surface area contributed by atoms with Crippen molar-refractivity contribution >= 4 is 0 Å². The molecule has 2 aromatic rings. The summed E-state index contributed by atoms with van der Waals surface area (Å²) < 4.78 is 18.4. The number of hydrazine groups is 1. The molecule has 18 heavy (non-hydrogen) atoms. The minimum Gasteiger partial charge on any atom is -0.481 e. The highest BCUT2D eigenvalue weighted by Crippen LogP contribution is 2.27. The number of ether oxygens (including phenoxy) is 1. The highest BCUT2D eigenvalue weighted by Gasteiger charge is 2.17. The van der Waals surface area contributed by atoms with Crippen molar-refractivity contribution in [1.29, 1.82) is 0 Å². The van der Waals surface area contributed by atoms with Crippen molar-refractivity contribution in [3.63, 3.8) is 0 Å². The smallest absolute Gasteiger partial charge is 0.218 e. The van der Waals surface area contributed by atoms with Crippen LogP contribution in [0.5, 0.6) is 5.88 Å². The third kappa shape index (κ3) is 2.47. The van der Waals surface area contributed by atoms with Gasteiger partial charge >= 0.3 is 0 Å². The maximum atomic E-state index is 13.2. The van der Waals surface area contributed by atoms with Gasteiger partial charge in [-0.2, -0.15) is 0 Å². The molecule has 0 bridgehead atoms. The van der Waals surface area contributed by atoms with Crippen molar-refractivity contribution < 1.29 is 9.13 Å². The number of benzene rings is 1. The summed E-state index contributed by atoms with van der Waals surface area (Å²) in [4.78, 5) is 4.10. The van der Waals surface area contributed by atoms with Gasteiger partial charge in [0, 0.05) is 11.8 Å². The Bertz CT molecular complexity index is 533. The molecule has 2 rings (SSSR count). The number of rotatable bonds is 4. The van der Waals surface area contributed by atoms with E-state index in [1.807, 2.05) is 6.07 Å². The van der Waals surface area contributed by atoms with Crippen LogP contribution in [0.25, 0.3) is 0 Å². The van der Waals surface area contributed by atoms with E-state index in [9.17, 15) is 4.39 Å². The Hall–Kier alpha value is -1.98. The Kier molecular flexibility index (Phi) is 3.86. The van der Waals surface area contributed by atoms with Gasteiger partial charge in [0.2, 0.25) is 5.88 Å². The fourth-order valence-corrected chi connectivity index (χ4v) is 1.85. The van der Waals surface area contributed by atoms with Crippen LogP contribution in [-0.4, -0.2) is 12.1 Å². The van der Waals surface area contributed by atoms with Crippen molar-refractivity contribution in [1.82, 2.24) is 10.4 Å². The predicted molar refractivity (Wildman–Crippen MR) is 66.4 cm³/mol. The fraction of sp³-hybridized carbons (Fsp3) is 0.154. The second-order valence-corrected chi connectivity index (χ2v) is 3.76. The van der Waals surface area contributed by atoms with E-state index < -0.39 is 0 Å². The Morgan fingerprint density at radius 3 is 2.83 bits per heavy atom. The Morgan fingerprint density at radius 1 is 1.33 bits per heavy atom. The third-order valence-electron chi connectivity index (χ3n) is 2.65. The van der Waals surface area contributed by atoms with Gasteiger partial charge in [-0.15, -0.1) is 0 Å². The largest absolute Gasteiger partial charge is 0.481 e. The second-order valence-electron chi connectivity index (χ2n) is 3.76. The maximum Gasteiger partial charge on any atom is 0.218 e. The number of hydrogen-bond acceptors (Lipinski definition) is 4. The zero-order valence-electron chi connectivity index (χ0n) is 9.93. The molecule has 0 saturated heterocycles. The molecule has 0 amide bonds. The third-order valence-corrected chi connectivity index (χ3v) is 2.65. The molecule has 3 N–H and O–H groups in total. The van der Waals surface area contributed by atoms with Crippen molar-refractivity contribution in [2.24, 2.45) is 5.84 Å². The normalized spacial score (nSPS) is 12.2. The Morgan fingerprint density at radius 2 is 2.17 bits per heavy atom. The van der Waals surface area contributed by atoms with E-state index in [2.05, 4.69) is 10.4 Å². The molecule has 1 aromatic heterocycles. The van der Waals surface area contributed by atoms with Gasteiger partial charge in [-0.05, 0) is 23.8 Å². The summed E-state index contributed by atoms with van der Waals surface area (Å²) in [5.74, 6) is 5.71. The lowest BCUT2D eigenvalue weighted by Gasteiger charge is -2.18. The second kappa shape index (κ2) is 5.57. The lowest BCUT2D eigenvalue weighted by atomic mass is 10.0. The quantitative estimate of drug-likeness (QED) is 0.638. The maximum absolute atomic E-state index is 13.2. The van der Waals surface area contributed by atoms with Gasteiger partial charge in [0.25, 0.3) is 0 Å². The molecule has 0 aliphatic carbocycles. The van der Waals surface area contributed by atoms with Crippen LogP contribution in [0.4, 0.5) is 4.39 Å². The summed E-state index contributed by atoms with van der Waals surface area (Å²) >= 11 is 0. The van der Waals surface area contributed by atoms with Crippen molar-refractivity contribution in [3.05, 3.63) is 59.5 Å². The molecule has 0 saturated carbocycles. The van der Waals surface area contributed by atoms with Gasteiger partial charge in [0.05, 0.1) is 13.2 Å². The first-order valence-corrected chi connectivity index (χ1v) is 5.46. The van der Waals surface area contributed by atoms with Crippen LogP contribution in [0.15, 0.2) is 42.6 Å². The first kappa shape index (κ1) is 12.5. The topological polar surface area (TPSA) is 60.2 Å². The number of nitrogens with zero attached hydrogens (tertiary/aromatic N) is 1. The number of hydrogen-bond donors (Lipinski definition) is 2. The predicted octanol–water partition coefficient (Wildman–Crippen LogP) is 1.78. The zero-order valence-corrected chi connectivity index (χ0v) is 9.93. The van der Waals surface area contributed by atoms with Gasteiger partial charge in [0.15, 0.2) is 0 Å². The van der Waals surface area contributed by atoms with Gasteiger partial charge in [0.1, 0.15) is 5.82 Å². The molecule has 0 spiro atoms. The Balaban J connectivity index is 2.45. The molecule has 4 nitrogen and oxygen atoms in total. The molecule has 5 heteroatoms. The molecular weight excluding hydrogens is 233 g/mol. The summed E-state index contributed by atoms with van der Waals surface area (Å²) in [5, 5.41) is 0. The molecule has 0 fully saturated rings. The average Bonchev–Trinajstić information content (AvgIpc) is 2.40. The summed E-state index contributed by atoms with van der Waals surface area (Å²) in [5.41, 5.74) is 4.12. The minimum atomic E-state index is -0.371. The molecule has 1 aromatic carbocycles. The number of halogens is 1. The van der Waals surface area contributed by atoms with E-state index >= 15 is 0 Å². The first-order chi connectivity index (χ1) is 8.76. The number of nitrogens with two attached hydrogens (primary N) is 1. The van der Waals surface area contributed by atoms with Crippen LogP contribution in [0.2, 0.25) is 0 Å². The number of aromatic nitrogens is 1. The lowest BCUT2D eigenvalue weighted by Crippen LogP contribution is -2.29. The van der Waals surface area contributed by atoms with Gasteiger partial charge in [-0.1, -0.05) is 18.2 Å². The summed E-state index contributed by atoms with van der Waals surface area (Å²) in [6.45, 7) is 0. The van der Waals surface area contributed by atoms with Gasteiger partial charge in [-0.25, -0.2) is 14.8 Å². The van der Waals surface area contributed by atoms with Crippen LogP contribution in [0, 0.1) is 5.82 Å². The molecular formula is C13H14FN3O. The van der Waals surface area contributed by atoms with E-state index in [4.69, 9.17) is 10.6 Å². The van der Waals surface area contributed by atoms with Crippen molar-refractivity contribution in [2.45, 2.75) is 6.04 Å². The van der Waals surface area contributed by atoms with Crippen LogP contribution in [-0.2, 0) is 0 Å². The fourth-order valence-electron chi connectivity index (χ4n) is 1.85. The van der Waals surface area contributed by atoms with E-state index in [0.717, 1.165) is 5.56 Å². The standard InChI is InChI=1S/C13H14FN3O/c1-18-13-11(6-3-7-16-13)12(17-15)9-4-2-5-10(14)8-9/h2-8,12,17H,15H2,1H3. The van der Waals surface area contributed by atoms with E-state index in [0.29, 0.717) is 11.4 Å². The van der Waals surface area contributed by atoms with Gasteiger partial charge in [-0.3, -0.25) is 5.84 Å². The molecule has 0 aliphatic rings. The summed E-state index contributed by atoms with van der Waals surface area (Å²) in [6.07, 6.45) is 1.63. The first-order valence-electron chi connectivity index (χ1n) is 5.46. The monoisotopic (exact) mass is 247 g/mol. The van der Waals surface area contributed by atoms with Crippen LogP contribution in [0.1, 0.15) is 17.2 Å². The average molecular weight is 247 g/mol. The minimum absolute atomic E-state index is 0.310. The van der Waals surface area contributed by atoms with E-state index in [-0.39, 0.29) is 11.9 Å². The van der Waals surface area contributed by atoms with E-state index in [1.54, 1.807) is 24.4 Å². The van der Waals surface area contributed by atoms with Crippen LogP contribution < -0.4 is 16.0 Å². The Labute approximate surface area is 105 Å². The van der Waals surface area contributed by atoms with Crippen molar-refractivity contribution in [2.75, 3.05) is 7.11 Å². The molecule has 1 unspecified atom stereocenters. The van der Waals surface area contributed by atoms with E-state index in [1.165, 1.54) is 19.2 Å². The highest BCUT2D eigenvalue weighted by atomic mass is 19.1. The summed E-state index contributed by atoms with van der Waals surface area (Å²) in [6, 6.07) is 9.49.